The second-order valence-corrected chi connectivity index (χ2v) is 8.53. The molecule has 0 aromatic heterocycles. The number of rotatable bonds is 5. The molecule has 27 heavy (non-hydrogen) atoms. The number of fused-ring (bicyclic) bond motifs is 1. The van der Waals surface area contributed by atoms with Crippen LogP contribution in [0.3, 0.4) is 0 Å². The highest BCUT2D eigenvalue weighted by atomic mass is 16.6. The molecule has 4 nitrogen and oxygen atoms in total. The normalized spacial score (nSPS) is 16.1. The van der Waals surface area contributed by atoms with E-state index in [9.17, 15) is 10.1 Å². The maximum absolute atomic E-state index is 12.2. The van der Waals surface area contributed by atoms with Crippen molar-refractivity contribution >= 4 is 17.7 Å². The zero-order valence-electron chi connectivity index (χ0n) is 17.3. The van der Waals surface area contributed by atoms with E-state index in [4.69, 9.17) is 4.74 Å². The average Bonchev–Trinajstić information content (AvgIpc) is 2.76. The molecule has 0 radical (unpaired) electrons. The van der Waals surface area contributed by atoms with E-state index in [1.165, 1.54) is 5.56 Å². The molecule has 0 fully saturated rings. The van der Waals surface area contributed by atoms with Gasteiger partial charge in [0.05, 0.1) is 0 Å². The molecule has 2 rings (SSSR count). The molecular formula is C23H30N2O2. The van der Waals surface area contributed by atoms with Crippen LogP contribution in [0.15, 0.2) is 36.0 Å². The number of hydrogen-bond donors (Lipinski definition) is 0. The van der Waals surface area contributed by atoms with Gasteiger partial charge >= 0.3 is 5.97 Å². The zero-order chi connectivity index (χ0) is 20.4. The van der Waals surface area contributed by atoms with Crippen molar-refractivity contribution in [1.82, 2.24) is 0 Å². The summed E-state index contributed by atoms with van der Waals surface area (Å²) >= 11 is 0. The number of benzene rings is 1. The van der Waals surface area contributed by atoms with Gasteiger partial charge in [-0.3, -0.25) is 0 Å². The minimum Gasteiger partial charge on any atom is -0.456 e. The summed E-state index contributed by atoms with van der Waals surface area (Å²) in [4.78, 5) is 14.5. The first-order valence-electron chi connectivity index (χ1n) is 9.48. The van der Waals surface area contributed by atoms with E-state index in [-0.39, 0.29) is 11.0 Å². The lowest BCUT2D eigenvalue weighted by atomic mass is 9.83. The molecule has 1 aromatic rings. The van der Waals surface area contributed by atoms with E-state index in [0.717, 1.165) is 36.3 Å². The number of unbranched alkanes of at least 4 members (excludes halogenated alkanes) is 1. The molecule has 0 unspecified atom stereocenters. The summed E-state index contributed by atoms with van der Waals surface area (Å²) in [6, 6.07) is 8.01. The Kier molecular flexibility index (Phi) is 5.85. The minimum atomic E-state index is -0.634. The summed E-state index contributed by atoms with van der Waals surface area (Å²) in [5.41, 5.74) is 3.40. The smallest absolute Gasteiger partial charge is 0.349 e. The van der Waals surface area contributed by atoms with Crippen LogP contribution in [-0.2, 0) is 14.9 Å². The molecule has 0 bridgehead atoms. The van der Waals surface area contributed by atoms with Gasteiger partial charge in [-0.2, -0.15) is 5.26 Å². The molecule has 1 aromatic carbocycles. The third-order valence-corrected chi connectivity index (χ3v) is 4.82. The topological polar surface area (TPSA) is 53.3 Å². The van der Waals surface area contributed by atoms with Crippen LogP contribution >= 0.6 is 0 Å². The van der Waals surface area contributed by atoms with Gasteiger partial charge in [0.25, 0.3) is 0 Å². The Bertz CT molecular complexity index is 820. The first-order chi connectivity index (χ1) is 12.5. The first-order valence-corrected chi connectivity index (χ1v) is 9.48. The third kappa shape index (κ3) is 4.42. The van der Waals surface area contributed by atoms with E-state index < -0.39 is 11.6 Å². The van der Waals surface area contributed by atoms with Gasteiger partial charge in [-0.05, 0) is 56.5 Å². The van der Waals surface area contributed by atoms with E-state index in [1.807, 2.05) is 18.2 Å². The van der Waals surface area contributed by atoms with E-state index >= 15 is 0 Å². The van der Waals surface area contributed by atoms with Crippen molar-refractivity contribution in [3.05, 3.63) is 47.2 Å². The largest absolute Gasteiger partial charge is 0.456 e. The van der Waals surface area contributed by atoms with Crippen molar-refractivity contribution in [3.8, 4) is 6.07 Å². The van der Waals surface area contributed by atoms with Gasteiger partial charge in [0.2, 0.25) is 0 Å². The highest BCUT2D eigenvalue weighted by molar-refractivity contribution is 5.98. The van der Waals surface area contributed by atoms with Crippen molar-refractivity contribution < 1.29 is 9.53 Å². The van der Waals surface area contributed by atoms with E-state index in [0.29, 0.717) is 0 Å². The Hall–Kier alpha value is -2.54. The number of nitriles is 1. The lowest BCUT2D eigenvalue weighted by molar-refractivity contribution is -0.149. The predicted octanol–water partition coefficient (Wildman–Crippen LogP) is 5.35. The molecule has 0 aliphatic carbocycles. The molecular weight excluding hydrogens is 336 g/mol. The van der Waals surface area contributed by atoms with Crippen LogP contribution in [0.25, 0.3) is 6.08 Å². The van der Waals surface area contributed by atoms with Crippen molar-refractivity contribution in [2.45, 2.75) is 65.4 Å². The van der Waals surface area contributed by atoms with Gasteiger partial charge < -0.3 is 9.64 Å². The molecule has 0 N–H and O–H groups in total. The predicted molar refractivity (Wildman–Crippen MR) is 110 cm³/mol. The molecule has 0 spiro atoms. The third-order valence-electron chi connectivity index (χ3n) is 4.82. The number of esters is 1. The Morgan fingerprint density at radius 3 is 2.59 bits per heavy atom. The molecule has 0 amide bonds. The highest BCUT2D eigenvalue weighted by Gasteiger charge is 2.38. The molecule has 0 atom stereocenters. The molecule has 0 saturated heterocycles. The van der Waals surface area contributed by atoms with Crippen LogP contribution < -0.4 is 4.90 Å². The maximum Gasteiger partial charge on any atom is 0.349 e. The van der Waals surface area contributed by atoms with Crippen molar-refractivity contribution in [2.24, 2.45) is 0 Å². The second-order valence-electron chi connectivity index (χ2n) is 8.53. The summed E-state index contributed by atoms with van der Waals surface area (Å²) in [6.07, 6.45) is 3.83. The van der Waals surface area contributed by atoms with Crippen LogP contribution in [0.4, 0.5) is 5.69 Å². The minimum absolute atomic E-state index is 0.00217. The molecule has 144 valence electrons. The highest BCUT2D eigenvalue weighted by Crippen LogP contribution is 2.47. The summed E-state index contributed by atoms with van der Waals surface area (Å²) in [6.45, 7) is 17.1. The van der Waals surface area contributed by atoms with Crippen LogP contribution in [-0.4, -0.2) is 18.1 Å². The maximum atomic E-state index is 12.2. The fourth-order valence-corrected chi connectivity index (χ4v) is 3.23. The fraction of sp³-hybridized carbons (Fsp3) is 0.478. The Morgan fingerprint density at radius 1 is 1.37 bits per heavy atom. The first kappa shape index (κ1) is 20.8. The molecule has 1 heterocycles. The van der Waals surface area contributed by atoms with Crippen LogP contribution in [0.2, 0.25) is 0 Å². The lowest BCUT2D eigenvalue weighted by Gasteiger charge is -2.25. The van der Waals surface area contributed by atoms with Gasteiger partial charge in [-0.15, -0.1) is 0 Å². The SMILES string of the molecule is C=C1N(CCCC)c2ccc(/C=C(\C#N)C(=O)OC(C)(C)C)cc2C1(C)C. The van der Waals surface area contributed by atoms with E-state index in [1.54, 1.807) is 26.8 Å². The second kappa shape index (κ2) is 7.60. The average molecular weight is 367 g/mol. The van der Waals surface area contributed by atoms with Crippen molar-refractivity contribution in [2.75, 3.05) is 11.4 Å². The number of allylic oxidation sites excluding steroid dienone is 1. The number of carbonyl (C=O) groups excluding carboxylic acids is 1. The van der Waals surface area contributed by atoms with Gasteiger partial charge in [0.1, 0.15) is 17.2 Å². The van der Waals surface area contributed by atoms with Crippen molar-refractivity contribution in [3.63, 3.8) is 0 Å². The van der Waals surface area contributed by atoms with Gasteiger partial charge in [0.15, 0.2) is 0 Å². The summed E-state index contributed by atoms with van der Waals surface area (Å²) in [5, 5.41) is 9.39. The summed E-state index contributed by atoms with van der Waals surface area (Å²) in [5.74, 6) is -0.598. The number of anilines is 1. The van der Waals surface area contributed by atoms with Crippen LogP contribution in [0.1, 0.15) is 65.5 Å². The molecule has 1 aliphatic rings. The number of carbonyl (C=O) groups is 1. The summed E-state index contributed by atoms with van der Waals surface area (Å²) in [7, 11) is 0. The quantitative estimate of drug-likeness (QED) is 0.401. The van der Waals surface area contributed by atoms with E-state index in [2.05, 4.69) is 38.3 Å². The lowest BCUT2D eigenvalue weighted by Crippen LogP contribution is -2.25. The number of ether oxygens (including phenoxy) is 1. The molecule has 0 saturated carbocycles. The Labute approximate surface area is 163 Å². The van der Waals surface area contributed by atoms with Gasteiger partial charge in [0, 0.05) is 23.3 Å². The number of hydrogen-bond acceptors (Lipinski definition) is 4. The van der Waals surface area contributed by atoms with Crippen LogP contribution in [0, 0.1) is 11.3 Å². The summed E-state index contributed by atoms with van der Waals surface area (Å²) < 4.78 is 5.32. The monoisotopic (exact) mass is 366 g/mol. The Morgan fingerprint density at radius 2 is 2.04 bits per heavy atom. The van der Waals surface area contributed by atoms with Crippen molar-refractivity contribution in [1.29, 1.82) is 5.26 Å². The van der Waals surface area contributed by atoms with Gasteiger partial charge in [-0.1, -0.05) is 39.8 Å². The Balaban J connectivity index is 2.40. The fourth-order valence-electron chi connectivity index (χ4n) is 3.23. The standard InChI is InChI=1S/C23H30N2O2/c1-8-9-12-25-16(2)23(6,7)19-14-17(10-11-20(19)25)13-18(15-24)21(26)27-22(3,4)5/h10-11,13-14H,2,8-9,12H2,1,3-7H3/b18-13+. The zero-order valence-corrected chi connectivity index (χ0v) is 17.3. The van der Waals surface area contributed by atoms with Crippen LogP contribution in [0.5, 0.6) is 0 Å². The molecule has 1 aliphatic heterocycles. The van der Waals surface area contributed by atoms with Gasteiger partial charge in [-0.25, -0.2) is 4.79 Å². The number of nitrogens with zero attached hydrogens (tertiary/aromatic N) is 2. The molecule has 4 heteroatoms.